The molecule has 1 fully saturated rings. The molecule has 18 heavy (non-hydrogen) atoms. The van der Waals surface area contributed by atoms with E-state index in [2.05, 4.69) is 38.3 Å². The highest BCUT2D eigenvalue weighted by Gasteiger charge is 2.65. The standard InChI is InChI=1S/C13H24N2O3/c1-12(2)10(13(12,3)4)15-11(18)14-8-6-5-7-9(16)17/h10H,5-8H2,1-4H3,(H,16,17)(H2,14,15,18). The Morgan fingerprint density at radius 1 is 1.11 bits per heavy atom. The molecule has 0 atom stereocenters. The molecule has 3 N–H and O–H groups in total. The Bertz CT molecular complexity index is 323. The molecule has 0 heterocycles. The maximum absolute atomic E-state index is 11.6. The zero-order chi connectivity index (χ0) is 14.0. The number of unbranched alkanes of at least 4 members (excludes halogenated alkanes) is 1. The van der Waals surface area contributed by atoms with Gasteiger partial charge in [-0.25, -0.2) is 4.79 Å². The fourth-order valence-electron chi connectivity index (χ4n) is 2.34. The Kier molecular flexibility index (Phi) is 4.24. The Morgan fingerprint density at radius 3 is 2.11 bits per heavy atom. The third-order valence-electron chi connectivity index (χ3n) is 4.40. The number of hydrogen-bond donors (Lipinski definition) is 3. The molecule has 1 aliphatic carbocycles. The van der Waals surface area contributed by atoms with E-state index >= 15 is 0 Å². The number of amides is 2. The molecule has 0 spiro atoms. The lowest BCUT2D eigenvalue weighted by molar-refractivity contribution is -0.137. The lowest BCUT2D eigenvalue weighted by Gasteiger charge is -2.08. The first-order valence-corrected chi connectivity index (χ1v) is 6.45. The largest absolute Gasteiger partial charge is 0.481 e. The topological polar surface area (TPSA) is 78.4 Å². The third kappa shape index (κ3) is 3.15. The van der Waals surface area contributed by atoms with Crippen LogP contribution in [0.1, 0.15) is 47.0 Å². The molecular formula is C13H24N2O3. The van der Waals surface area contributed by atoms with Gasteiger partial charge in [-0.2, -0.15) is 0 Å². The number of carboxylic acids is 1. The molecule has 0 aromatic heterocycles. The van der Waals surface area contributed by atoms with Gasteiger partial charge in [0.25, 0.3) is 0 Å². The molecule has 104 valence electrons. The fourth-order valence-corrected chi connectivity index (χ4v) is 2.34. The summed E-state index contributed by atoms with van der Waals surface area (Å²) in [6, 6.07) is 0.0398. The SMILES string of the molecule is CC1(C)C(NC(=O)NCCCCC(=O)O)C1(C)C. The van der Waals surface area contributed by atoms with Crippen LogP contribution in [0, 0.1) is 10.8 Å². The highest BCUT2D eigenvalue weighted by molar-refractivity contribution is 5.75. The molecule has 0 bridgehead atoms. The monoisotopic (exact) mass is 256 g/mol. The van der Waals surface area contributed by atoms with Gasteiger partial charge in [0.2, 0.25) is 0 Å². The van der Waals surface area contributed by atoms with Gasteiger partial charge in [0.05, 0.1) is 0 Å². The van der Waals surface area contributed by atoms with E-state index in [4.69, 9.17) is 5.11 Å². The minimum Gasteiger partial charge on any atom is -0.481 e. The molecule has 0 aromatic carbocycles. The Balaban J connectivity index is 2.15. The first-order chi connectivity index (χ1) is 8.19. The van der Waals surface area contributed by atoms with Crippen molar-refractivity contribution in [1.82, 2.24) is 10.6 Å². The molecule has 0 unspecified atom stereocenters. The van der Waals surface area contributed by atoms with Gasteiger partial charge in [0.15, 0.2) is 0 Å². The average molecular weight is 256 g/mol. The predicted molar refractivity (Wildman–Crippen MR) is 69.4 cm³/mol. The quantitative estimate of drug-likeness (QED) is 0.636. The van der Waals surface area contributed by atoms with E-state index < -0.39 is 5.97 Å². The van der Waals surface area contributed by atoms with Gasteiger partial charge < -0.3 is 15.7 Å². The van der Waals surface area contributed by atoms with E-state index in [-0.39, 0.29) is 29.3 Å². The van der Waals surface area contributed by atoms with Crippen LogP contribution in [0.5, 0.6) is 0 Å². The van der Waals surface area contributed by atoms with Crippen LogP contribution in [-0.4, -0.2) is 29.7 Å². The average Bonchev–Trinajstić information content (AvgIpc) is 2.60. The number of nitrogens with one attached hydrogen (secondary N) is 2. The summed E-state index contributed by atoms with van der Waals surface area (Å²) in [5, 5.41) is 14.2. The normalized spacial score (nSPS) is 20.2. The van der Waals surface area contributed by atoms with Gasteiger partial charge in [-0.15, -0.1) is 0 Å². The number of carbonyl (C=O) groups excluding carboxylic acids is 1. The van der Waals surface area contributed by atoms with Crippen LogP contribution in [0.2, 0.25) is 0 Å². The molecule has 2 amide bonds. The zero-order valence-electron chi connectivity index (χ0n) is 11.7. The fraction of sp³-hybridized carbons (Fsp3) is 0.846. The highest BCUT2D eigenvalue weighted by atomic mass is 16.4. The highest BCUT2D eigenvalue weighted by Crippen LogP contribution is 2.62. The number of carboxylic acid groups (broad SMARTS) is 1. The molecule has 1 aliphatic rings. The number of aliphatic carboxylic acids is 1. The maximum Gasteiger partial charge on any atom is 0.315 e. The summed E-state index contributed by atoms with van der Waals surface area (Å²) in [6.45, 7) is 9.10. The van der Waals surface area contributed by atoms with E-state index in [1.54, 1.807) is 0 Å². The lowest BCUT2D eigenvalue weighted by atomic mass is 10.0. The van der Waals surface area contributed by atoms with Crippen molar-refractivity contribution in [3.05, 3.63) is 0 Å². The Hall–Kier alpha value is -1.26. The van der Waals surface area contributed by atoms with Gasteiger partial charge >= 0.3 is 12.0 Å². The van der Waals surface area contributed by atoms with Crippen LogP contribution >= 0.6 is 0 Å². The molecule has 0 saturated heterocycles. The van der Waals surface area contributed by atoms with E-state index in [0.717, 1.165) is 0 Å². The molecule has 1 saturated carbocycles. The van der Waals surface area contributed by atoms with E-state index in [9.17, 15) is 9.59 Å². The van der Waals surface area contributed by atoms with Crippen molar-refractivity contribution >= 4 is 12.0 Å². The van der Waals surface area contributed by atoms with E-state index in [1.807, 2.05) is 0 Å². The Morgan fingerprint density at radius 2 is 1.67 bits per heavy atom. The molecule has 0 radical (unpaired) electrons. The summed E-state index contributed by atoms with van der Waals surface area (Å²) in [5.74, 6) is -0.791. The lowest BCUT2D eigenvalue weighted by Crippen LogP contribution is -2.39. The first-order valence-electron chi connectivity index (χ1n) is 6.45. The molecule has 0 aliphatic heterocycles. The van der Waals surface area contributed by atoms with Crippen molar-refractivity contribution in [3.63, 3.8) is 0 Å². The van der Waals surface area contributed by atoms with Crippen LogP contribution in [-0.2, 0) is 4.79 Å². The molecule has 0 aromatic rings. The molecule has 1 rings (SSSR count). The smallest absolute Gasteiger partial charge is 0.315 e. The van der Waals surface area contributed by atoms with Gasteiger partial charge in [-0.05, 0) is 23.7 Å². The predicted octanol–water partition coefficient (Wildman–Crippen LogP) is 1.98. The van der Waals surface area contributed by atoms with Crippen molar-refractivity contribution in [3.8, 4) is 0 Å². The number of carbonyl (C=O) groups is 2. The number of urea groups is 1. The second kappa shape index (κ2) is 5.16. The summed E-state index contributed by atoms with van der Waals surface area (Å²) in [7, 11) is 0. The summed E-state index contributed by atoms with van der Waals surface area (Å²) >= 11 is 0. The van der Waals surface area contributed by atoms with Gasteiger partial charge in [-0.3, -0.25) is 4.79 Å². The second-order valence-electron chi connectivity index (χ2n) is 6.13. The first kappa shape index (κ1) is 14.8. The van der Waals surface area contributed by atoms with Gasteiger partial charge in [0, 0.05) is 19.0 Å². The summed E-state index contributed by atoms with van der Waals surface area (Å²) < 4.78 is 0. The maximum atomic E-state index is 11.6. The van der Waals surface area contributed by atoms with Crippen LogP contribution < -0.4 is 10.6 Å². The molecule has 5 heteroatoms. The van der Waals surface area contributed by atoms with Crippen LogP contribution in [0.3, 0.4) is 0 Å². The van der Waals surface area contributed by atoms with Crippen molar-refractivity contribution in [2.75, 3.05) is 6.54 Å². The summed E-state index contributed by atoms with van der Waals surface area (Å²) in [5.41, 5.74) is 0.265. The van der Waals surface area contributed by atoms with Crippen molar-refractivity contribution in [1.29, 1.82) is 0 Å². The minimum absolute atomic E-state index is 0.133. The number of hydrogen-bond acceptors (Lipinski definition) is 2. The van der Waals surface area contributed by atoms with Crippen molar-refractivity contribution in [2.24, 2.45) is 10.8 Å². The van der Waals surface area contributed by atoms with Crippen molar-refractivity contribution < 1.29 is 14.7 Å². The molecule has 5 nitrogen and oxygen atoms in total. The van der Waals surface area contributed by atoms with E-state index in [1.165, 1.54) is 0 Å². The second-order valence-corrected chi connectivity index (χ2v) is 6.13. The number of rotatable bonds is 6. The Labute approximate surface area is 108 Å². The minimum atomic E-state index is -0.791. The van der Waals surface area contributed by atoms with Gasteiger partial charge in [0.1, 0.15) is 0 Å². The summed E-state index contributed by atoms with van der Waals surface area (Å²) in [4.78, 5) is 21.9. The third-order valence-corrected chi connectivity index (χ3v) is 4.40. The van der Waals surface area contributed by atoms with Gasteiger partial charge in [-0.1, -0.05) is 27.7 Å². The zero-order valence-corrected chi connectivity index (χ0v) is 11.7. The summed E-state index contributed by atoms with van der Waals surface area (Å²) in [6.07, 6.45) is 1.44. The van der Waals surface area contributed by atoms with Crippen LogP contribution in [0.15, 0.2) is 0 Å². The van der Waals surface area contributed by atoms with Crippen LogP contribution in [0.4, 0.5) is 4.79 Å². The van der Waals surface area contributed by atoms with Crippen LogP contribution in [0.25, 0.3) is 0 Å². The van der Waals surface area contributed by atoms with E-state index in [0.29, 0.717) is 19.4 Å². The molecular weight excluding hydrogens is 232 g/mol. The van der Waals surface area contributed by atoms with Crippen molar-refractivity contribution in [2.45, 2.75) is 53.0 Å².